The number of nitrogens with one attached hydrogen (secondary N) is 1. The fraction of sp³-hybridized carbons (Fsp3) is 0.156. The lowest BCUT2D eigenvalue weighted by atomic mass is 9.86. The lowest BCUT2D eigenvalue weighted by Crippen LogP contribution is -2.16. The van der Waals surface area contributed by atoms with Crippen LogP contribution in [0.4, 0.5) is 5.69 Å². The van der Waals surface area contributed by atoms with Crippen molar-refractivity contribution in [1.82, 2.24) is 9.55 Å². The number of hydrogen-bond acceptors (Lipinski definition) is 3. The SMILES string of the molecule is CC(C)(C)c1ccc(-c2ccc3c(c2)c(NC(=O)c2cccnc2)c(C(=O)O)n3Cc2cccc(Cl)c2)cc1. The first-order valence-corrected chi connectivity index (χ1v) is 13.0. The molecule has 0 aliphatic carbocycles. The van der Waals surface area contributed by atoms with E-state index < -0.39 is 11.9 Å². The summed E-state index contributed by atoms with van der Waals surface area (Å²) in [6.07, 6.45) is 3.02. The zero-order chi connectivity index (χ0) is 27.7. The second-order valence-electron chi connectivity index (χ2n) is 10.5. The van der Waals surface area contributed by atoms with Gasteiger partial charge < -0.3 is 15.0 Å². The number of carboxylic acids is 1. The van der Waals surface area contributed by atoms with E-state index in [1.165, 1.54) is 11.8 Å². The monoisotopic (exact) mass is 537 g/mol. The fourth-order valence-electron chi connectivity index (χ4n) is 4.71. The van der Waals surface area contributed by atoms with Crippen LogP contribution in [-0.4, -0.2) is 26.5 Å². The Balaban J connectivity index is 1.68. The maximum atomic E-state index is 13.2. The second kappa shape index (κ2) is 10.4. The third-order valence-electron chi connectivity index (χ3n) is 6.74. The van der Waals surface area contributed by atoms with Gasteiger partial charge in [0, 0.05) is 29.3 Å². The van der Waals surface area contributed by atoms with Crippen LogP contribution in [0.15, 0.2) is 91.3 Å². The Kier molecular flexibility index (Phi) is 6.98. The number of hydrogen-bond donors (Lipinski definition) is 2. The molecule has 0 fully saturated rings. The number of pyridine rings is 1. The van der Waals surface area contributed by atoms with Gasteiger partial charge in [0.25, 0.3) is 5.91 Å². The molecule has 0 bridgehead atoms. The van der Waals surface area contributed by atoms with E-state index in [1.54, 1.807) is 35.0 Å². The van der Waals surface area contributed by atoms with Crippen molar-refractivity contribution in [1.29, 1.82) is 0 Å². The highest BCUT2D eigenvalue weighted by atomic mass is 35.5. The Bertz CT molecular complexity index is 1680. The van der Waals surface area contributed by atoms with Gasteiger partial charge in [0.05, 0.1) is 16.8 Å². The number of anilines is 1. The Hall–Kier alpha value is -4.42. The number of amides is 1. The Labute approximate surface area is 231 Å². The molecule has 1 amide bonds. The van der Waals surface area contributed by atoms with Crippen molar-refractivity contribution in [2.24, 2.45) is 0 Å². The zero-order valence-electron chi connectivity index (χ0n) is 21.9. The number of fused-ring (bicyclic) bond motifs is 1. The van der Waals surface area contributed by atoms with E-state index in [2.05, 4.69) is 55.3 Å². The number of rotatable bonds is 6. The van der Waals surface area contributed by atoms with Crippen molar-refractivity contribution in [2.45, 2.75) is 32.7 Å². The van der Waals surface area contributed by atoms with Crippen molar-refractivity contribution < 1.29 is 14.7 Å². The second-order valence-corrected chi connectivity index (χ2v) is 10.9. The Morgan fingerprint density at radius 1 is 0.949 bits per heavy atom. The van der Waals surface area contributed by atoms with Crippen LogP contribution in [0.25, 0.3) is 22.0 Å². The summed E-state index contributed by atoms with van der Waals surface area (Å²) >= 11 is 6.21. The van der Waals surface area contributed by atoms with E-state index in [4.69, 9.17) is 11.6 Å². The fourth-order valence-corrected chi connectivity index (χ4v) is 4.92. The van der Waals surface area contributed by atoms with E-state index >= 15 is 0 Å². The molecule has 2 aromatic heterocycles. The quantitative estimate of drug-likeness (QED) is 0.233. The van der Waals surface area contributed by atoms with Gasteiger partial charge in [0.1, 0.15) is 0 Å². The summed E-state index contributed by atoms with van der Waals surface area (Å²) in [6, 6.07) is 24.7. The Morgan fingerprint density at radius 2 is 1.69 bits per heavy atom. The molecule has 0 radical (unpaired) electrons. The minimum atomic E-state index is -1.15. The van der Waals surface area contributed by atoms with Crippen molar-refractivity contribution in [2.75, 3.05) is 5.32 Å². The van der Waals surface area contributed by atoms with E-state index in [0.717, 1.165) is 16.7 Å². The van der Waals surface area contributed by atoms with Crippen molar-refractivity contribution in [3.05, 3.63) is 119 Å². The number of benzene rings is 3. The van der Waals surface area contributed by atoms with Crippen LogP contribution in [0, 0.1) is 0 Å². The molecule has 5 aromatic rings. The molecule has 196 valence electrons. The van der Waals surface area contributed by atoms with Crippen molar-refractivity contribution >= 4 is 40.1 Å². The van der Waals surface area contributed by atoms with Crippen LogP contribution in [-0.2, 0) is 12.0 Å². The molecular formula is C32H28ClN3O3. The number of carboxylic acid groups (broad SMARTS) is 1. The average Bonchev–Trinajstić information content (AvgIpc) is 3.21. The minimum Gasteiger partial charge on any atom is -0.477 e. The highest BCUT2D eigenvalue weighted by Crippen LogP contribution is 2.36. The standard InChI is InChI=1S/C32H28ClN3O3/c1-32(2,3)24-12-9-21(10-13-24)22-11-14-27-26(17-22)28(35-30(37)23-7-5-15-34-18-23)29(31(38)39)36(27)19-20-6-4-8-25(33)16-20/h4-18H,19H2,1-3H3,(H,35,37)(H,38,39). The molecule has 0 spiro atoms. The van der Waals surface area contributed by atoms with Crippen LogP contribution < -0.4 is 5.32 Å². The van der Waals surface area contributed by atoms with Crippen LogP contribution in [0.1, 0.15) is 52.7 Å². The summed E-state index contributed by atoms with van der Waals surface area (Å²) in [5.74, 6) is -1.59. The molecule has 0 atom stereocenters. The molecule has 0 saturated heterocycles. The van der Waals surface area contributed by atoms with Gasteiger partial charge in [-0.2, -0.15) is 0 Å². The molecular weight excluding hydrogens is 510 g/mol. The number of carbonyl (C=O) groups is 2. The molecule has 0 aliphatic heterocycles. The molecule has 0 aliphatic rings. The summed E-state index contributed by atoms with van der Waals surface area (Å²) in [5, 5.41) is 14.4. The molecule has 5 rings (SSSR count). The predicted molar refractivity (Wildman–Crippen MR) is 156 cm³/mol. The van der Waals surface area contributed by atoms with Crippen molar-refractivity contribution in [3.8, 4) is 11.1 Å². The highest BCUT2D eigenvalue weighted by molar-refractivity contribution is 6.30. The Morgan fingerprint density at radius 3 is 2.33 bits per heavy atom. The van der Waals surface area contributed by atoms with Gasteiger partial charge in [-0.3, -0.25) is 9.78 Å². The van der Waals surface area contributed by atoms with Crippen LogP contribution in [0.2, 0.25) is 5.02 Å². The predicted octanol–water partition coefficient (Wildman–Crippen LogP) is 7.65. The summed E-state index contributed by atoms with van der Waals surface area (Å²) in [6.45, 7) is 6.77. The largest absolute Gasteiger partial charge is 0.477 e. The van der Waals surface area contributed by atoms with Gasteiger partial charge in [0.15, 0.2) is 5.69 Å². The highest BCUT2D eigenvalue weighted by Gasteiger charge is 2.25. The zero-order valence-corrected chi connectivity index (χ0v) is 22.7. The summed E-state index contributed by atoms with van der Waals surface area (Å²) in [7, 11) is 0. The van der Waals surface area contributed by atoms with E-state index in [-0.39, 0.29) is 23.3 Å². The first-order valence-electron chi connectivity index (χ1n) is 12.6. The van der Waals surface area contributed by atoms with E-state index in [9.17, 15) is 14.7 Å². The van der Waals surface area contributed by atoms with Gasteiger partial charge in [-0.05, 0) is 64.1 Å². The van der Waals surface area contributed by atoms with Crippen molar-refractivity contribution in [3.63, 3.8) is 0 Å². The van der Waals surface area contributed by atoms with Gasteiger partial charge >= 0.3 is 5.97 Å². The number of aromatic carboxylic acids is 1. The van der Waals surface area contributed by atoms with Gasteiger partial charge in [-0.25, -0.2) is 4.79 Å². The lowest BCUT2D eigenvalue weighted by Gasteiger charge is -2.19. The molecule has 39 heavy (non-hydrogen) atoms. The van der Waals surface area contributed by atoms with E-state index in [1.807, 2.05) is 30.3 Å². The molecule has 2 heterocycles. The number of nitrogens with zero attached hydrogens (tertiary/aromatic N) is 2. The third kappa shape index (κ3) is 5.42. The number of aromatic nitrogens is 2. The number of halogens is 1. The topological polar surface area (TPSA) is 84.2 Å². The van der Waals surface area contributed by atoms with Crippen LogP contribution in [0.3, 0.4) is 0 Å². The third-order valence-corrected chi connectivity index (χ3v) is 6.98. The molecule has 3 aromatic carbocycles. The molecule has 2 N–H and O–H groups in total. The smallest absolute Gasteiger partial charge is 0.354 e. The molecule has 0 saturated carbocycles. The lowest BCUT2D eigenvalue weighted by molar-refractivity contribution is 0.0687. The van der Waals surface area contributed by atoms with Crippen LogP contribution in [0.5, 0.6) is 0 Å². The summed E-state index contributed by atoms with van der Waals surface area (Å²) < 4.78 is 1.70. The van der Waals surface area contributed by atoms with E-state index in [0.29, 0.717) is 21.5 Å². The summed E-state index contributed by atoms with van der Waals surface area (Å²) in [4.78, 5) is 29.8. The van der Waals surface area contributed by atoms with Gasteiger partial charge in [-0.15, -0.1) is 0 Å². The first kappa shape index (κ1) is 26.2. The molecule has 7 heteroatoms. The van der Waals surface area contributed by atoms with Gasteiger partial charge in [-0.1, -0.05) is 74.8 Å². The normalized spacial score (nSPS) is 11.5. The average molecular weight is 538 g/mol. The molecule has 6 nitrogen and oxygen atoms in total. The molecule has 0 unspecified atom stereocenters. The number of carbonyl (C=O) groups excluding carboxylic acids is 1. The van der Waals surface area contributed by atoms with Crippen LogP contribution >= 0.6 is 11.6 Å². The maximum Gasteiger partial charge on any atom is 0.354 e. The maximum absolute atomic E-state index is 13.2. The first-order chi connectivity index (χ1) is 18.6. The van der Waals surface area contributed by atoms with Gasteiger partial charge in [0.2, 0.25) is 0 Å². The summed E-state index contributed by atoms with van der Waals surface area (Å²) in [5.41, 5.74) is 5.24. The minimum absolute atomic E-state index is 0.0116.